The fraction of sp³-hybridized carbons (Fsp3) is 0.938. The molecule has 0 aromatic carbocycles. The van der Waals surface area contributed by atoms with Crippen LogP contribution < -0.4 is 10.6 Å². The number of likely N-dealkylation sites (N-methyl/N-ethyl adjacent to an activating group) is 1. The lowest BCUT2D eigenvalue weighted by Gasteiger charge is -2.23. The summed E-state index contributed by atoms with van der Waals surface area (Å²) in [6, 6.07) is 0.602. The minimum atomic E-state index is 0.602. The predicted molar refractivity (Wildman–Crippen MR) is 88.3 cm³/mol. The van der Waals surface area contributed by atoms with Crippen LogP contribution in [0.25, 0.3) is 0 Å². The van der Waals surface area contributed by atoms with E-state index >= 15 is 0 Å². The fourth-order valence-corrected chi connectivity index (χ4v) is 2.50. The van der Waals surface area contributed by atoms with Gasteiger partial charge in [-0.05, 0) is 46.2 Å². The fourth-order valence-electron chi connectivity index (χ4n) is 2.50. The molecule has 0 aromatic heterocycles. The van der Waals surface area contributed by atoms with E-state index in [9.17, 15) is 0 Å². The van der Waals surface area contributed by atoms with E-state index in [0.29, 0.717) is 6.04 Å². The van der Waals surface area contributed by atoms with Crippen molar-refractivity contribution in [2.75, 3.05) is 33.7 Å². The maximum atomic E-state index is 4.77. The molecule has 4 nitrogen and oxygen atoms in total. The molecule has 20 heavy (non-hydrogen) atoms. The molecule has 118 valence electrons. The number of hydrogen-bond acceptors (Lipinski definition) is 2. The molecule has 0 radical (unpaired) electrons. The number of unbranched alkanes of at least 4 members (excludes halogenated alkanes) is 3. The lowest BCUT2D eigenvalue weighted by molar-refractivity contribution is 0.271. The van der Waals surface area contributed by atoms with Gasteiger partial charge in [-0.15, -0.1) is 0 Å². The van der Waals surface area contributed by atoms with Crippen LogP contribution in [0.1, 0.15) is 52.4 Å². The second-order valence-electron chi connectivity index (χ2n) is 6.08. The summed E-state index contributed by atoms with van der Waals surface area (Å²) in [6.45, 7) is 7.23. The van der Waals surface area contributed by atoms with E-state index in [1.54, 1.807) is 0 Å². The van der Waals surface area contributed by atoms with Crippen molar-refractivity contribution in [3.05, 3.63) is 0 Å². The molecule has 0 bridgehead atoms. The van der Waals surface area contributed by atoms with Gasteiger partial charge in [0.05, 0.1) is 6.54 Å². The van der Waals surface area contributed by atoms with Gasteiger partial charge in [0.25, 0.3) is 0 Å². The van der Waals surface area contributed by atoms with E-state index in [4.69, 9.17) is 4.99 Å². The van der Waals surface area contributed by atoms with Crippen LogP contribution in [0.2, 0.25) is 0 Å². The first-order valence-corrected chi connectivity index (χ1v) is 8.37. The third-order valence-electron chi connectivity index (χ3n) is 3.93. The Kier molecular flexibility index (Phi) is 8.67. The minimum Gasteiger partial charge on any atom is -0.357 e. The zero-order chi connectivity index (χ0) is 14.8. The average molecular weight is 282 g/mol. The molecule has 1 unspecified atom stereocenters. The van der Waals surface area contributed by atoms with Crippen LogP contribution in [0.3, 0.4) is 0 Å². The van der Waals surface area contributed by atoms with Crippen LogP contribution in [0.15, 0.2) is 4.99 Å². The highest BCUT2D eigenvalue weighted by Crippen LogP contribution is 2.34. The van der Waals surface area contributed by atoms with Crippen molar-refractivity contribution in [3.63, 3.8) is 0 Å². The maximum absolute atomic E-state index is 4.77. The van der Waals surface area contributed by atoms with Crippen LogP contribution in [-0.2, 0) is 0 Å². The molecule has 1 fully saturated rings. The van der Waals surface area contributed by atoms with Crippen molar-refractivity contribution in [1.82, 2.24) is 15.5 Å². The molecule has 1 rings (SSSR count). The number of nitrogens with one attached hydrogen (secondary N) is 2. The van der Waals surface area contributed by atoms with E-state index < -0.39 is 0 Å². The van der Waals surface area contributed by atoms with Gasteiger partial charge < -0.3 is 15.5 Å². The van der Waals surface area contributed by atoms with Gasteiger partial charge in [-0.25, -0.2) is 0 Å². The van der Waals surface area contributed by atoms with Crippen LogP contribution in [0.4, 0.5) is 0 Å². The van der Waals surface area contributed by atoms with Gasteiger partial charge in [-0.2, -0.15) is 0 Å². The van der Waals surface area contributed by atoms with Crippen molar-refractivity contribution < 1.29 is 0 Å². The summed E-state index contributed by atoms with van der Waals surface area (Å²) < 4.78 is 0. The van der Waals surface area contributed by atoms with E-state index in [-0.39, 0.29) is 0 Å². The zero-order valence-electron chi connectivity index (χ0n) is 13.9. The molecule has 0 aromatic rings. The van der Waals surface area contributed by atoms with Crippen molar-refractivity contribution in [1.29, 1.82) is 0 Å². The van der Waals surface area contributed by atoms with Gasteiger partial charge in [0.1, 0.15) is 0 Å². The number of hydrogen-bond donors (Lipinski definition) is 2. The van der Waals surface area contributed by atoms with Gasteiger partial charge >= 0.3 is 0 Å². The monoisotopic (exact) mass is 282 g/mol. The van der Waals surface area contributed by atoms with E-state index in [1.807, 2.05) is 0 Å². The molecule has 1 aliphatic carbocycles. The molecule has 0 heterocycles. The second kappa shape index (κ2) is 10.0. The van der Waals surface area contributed by atoms with Crippen LogP contribution >= 0.6 is 0 Å². The van der Waals surface area contributed by atoms with Gasteiger partial charge in [0.2, 0.25) is 0 Å². The maximum Gasteiger partial charge on any atom is 0.191 e. The average Bonchev–Trinajstić information content (AvgIpc) is 3.22. The summed E-state index contributed by atoms with van der Waals surface area (Å²) >= 11 is 0. The normalized spacial score (nSPS) is 17.4. The third kappa shape index (κ3) is 7.13. The number of guanidine groups is 1. The highest BCUT2D eigenvalue weighted by Gasteiger charge is 2.32. The molecule has 0 amide bonds. The predicted octanol–water partition coefficient (Wildman–Crippen LogP) is 2.46. The Bertz CT molecular complexity index is 270. The molecule has 1 aliphatic rings. The smallest absolute Gasteiger partial charge is 0.191 e. The third-order valence-corrected chi connectivity index (χ3v) is 3.93. The second-order valence-corrected chi connectivity index (χ2v) is 6.08. The van der Waals surface area contributed by atoms with Crippen molar-refractivity contribution in [2.45, 2.75) is 58.4 Å². The Balaban J connectivity index is 2.32. The molecule has 0 spiro atoms. The molecule has 2 N–H and O–H groups in total. The van der Waals surface area contributed by atoms with Crippen LogP contribution in [0.5, 0.6) is 0 Å². The van der Waals surface area contributed by atoms with Crippen molar-refractivity contribution in [2.24, 2.45) is 10.9 Å². The Morgan fingerprint density at radius 2 is 1.90 bits per heavy atom. The van der Waals surface area contributed by atoms with Gasteiger partial charge in [0, 0.05) is 19.1 Å². The topological polar surface area (TPSA) is 39.7 Å². The molecule has 0 aliphatic heterocycles. The first-order chi connectivity index (χ1) is 9.69. The largest absolute Gasteiger partial charge is 0.357 e. The highest BCUT2D eigenvalue weighted by molar-refractivity contribution is 5.79. The molecule has 0 saturated heterocycles. The number of aliphatic imine (C=N–C) groups is 1. The summed E-state index contributed by atoms with van der Waals surface area (Å²) in [7, 11) is 4.34. The number of rotatable bonds is 10. The first kappa shape index (κ1) is 17.3. The molecule has 4 heteroatoms. The quantitative estimate of drug-likeness (QED) is 0.367. The summed E-state index contributed by atoms with van der Waals surface area (Å²) in [5.74, 6) is 1.85. The van der Waals surface area contributed by atoms with E-state index in [0.717, 1.165) is 31.5 Å². The van der Waals surface area contributed by atoms with Crippen LogP contribution in [-0.4, -0.2) is 50.6 Å². The summed E-state index contributed by atoms with van der Waals surface area (Å²) in [5, 5.41) is 6.80. The van der Waals surface area contributed by atoms with Crippen molar-refractivity contribution in [3.8, 4) is 0 Å². The SMILES string of the molecule is CCCCCCNC(=NCC(C1CC1)N(C)C)NCC. The molecule has 1 atom stereocenters. The molecule has 1 saturated carbocycles. The Labute approximate surface area is 125 Å². The standard InChI is InChI=1S/C16H34N4/c1-5-7-8-9-12-18-16(17-6-2)19-13-15(20(3)4)14-10-11-14/h14-15H,5-13H2,1-4H3,(H2,17,18,19). The Hall–Kier alpha value is -0.770. The molecular weight excluding hydrogens is 248 g/mol. The van der Waals surface area contributed by atoms with E-state index in [1.165, 1.54) is 38.5 Å². The van der Waals surface area contributed by atoms with Crippen molar-refractivity contribution >= 4 is 5.96 Å². The minimum absolute atomic E-state index is 0.602. The van der Waals surface area contributed by atoms with E-state index in [2.05, 4.69) is 43.5 Å². The van der Waals surface area contributed by atoms with Gasteiger partial charge in [-0.3, -0.25) is 4.99 Å². The lowest BCUT2D eigenvalue weighted by Crippen LogP contribution is -2.40. The zero-order valence-corrected chi connectivity index (χ0v) is 13.9. The first-order valence-electron chi connectivity index (χ1n) is 8.37. The Morgan fingerprint density at radius 1 is 1.15 bits per heavy atom. The highest BCUT2D eigenvalue weighted by atomic mass is 15.2. The van der Waals surface area contributed by atoms with Gasteiger partial charge in [-0.1, -0.05) is 26.2 Å². The Morgan fingerprint density at radius 3 is 2.45 bits per heavy atom. The molecular formula is C16H34N4. The van der Waals surface area contributed by atoms with Gasteiger partial charge in [0.15, 0.2) is 5.96 Å². The summed E-state index contributed by atoms with van der Waals surface area (Å²) in [6.07, 6.45) is 7.92. The number of nitrogens with zero attached hydrogens (tertiary/aromatic N) is 2. The summed E-state index contributed by atoms with van der Waals surface area (Å²) in [5.41, 5.74) is 0. The summed E-state index contributed by atoms with van der Waals surface area (Å²) in [4.78, 5) is 7.09. The lowest BCUT2D eigenvalue weighted by atomic mass is 10.2. The van der Waals surface area contributed by atoms with Crippen LogP contribution in [0, 0.1) is 5.92 Å².